The lowest BCUT2D eigenvalue weighted by Gasteiger charge is -2.11. The zero-order valence-electron chi connectivity index (χ0n) is 10.0. The molecule has 112 valence electrons. The molecule has 21 heavy (non-hydrogen) atoms. The van der Waals surface area contributed by atoms with Gasteiger partial charge in [0.25, 0.3) is 5.91 Å². The second-order valence-electron chi connectivity index (χ2n) is 3.71. The van der Waals surface area contributed by atoms with Crippen molar-refractivity contribution in [3.63, 3.8) is 0 Å². The van der Waals surface area contributed by atoms with Crippen LogP contribution in [0.25, 0.3) is 0 Å². The lowest BCUT2D eigenvalue weighted by atomic mass is 10.2. The van der Waals surface area contributed by atoms with E-state index in [2.05, 4.69) is 10.1 Å². The Morgan fingerprint density at radius 1 is 1.24 bits per heavy atom. The van der Waals surface area contributed by atoms with Crippen LogP contribution in [0.15, 0.2) is 28.9 Å². The highest BCUT2D eigenvalue weighted by Gasteiger charge is 2.17. The Hall–Kier alpha value is -1.50. The number of anilines is 1. The van der Waals surface area contributed by atoms with Gasteiger partial charge < -0.3 is 14.5 Å². The zero-order chi connectivity index (χ0) is 15.6. The minimum Gasteiger partial charge on any atom is -0.452 e. The van der Waals surface area contributed by atoms with Gasteiger partial charge in [-0.25, -0.2) is 0 Å². The normalized spacial score (nSPS) is 10.8. The molecular weight excluding hydrogens is 350 g/mol. The van der Waals surface area contributed by atoms with Crippen molar-refractivity contribution >= 4 is 46.4 Å². The number of hydrogen-bond acceptors (Lipinski definition) is 3. The van der Waals surface area contributed by atoms with Crippen LogP contribution in [0.1, 0.15) is 10.4 Å². The number of furan rings is 1. The Kier molecular flexibility index (Phi) is 4.92. The highest BCUT2D eigenvalue weighted by Crippen LogP contribution is 2.37. The zero-order valence-corrected chi connectivity index (χ0v) is 12.3. The number of carbonyl (C=O) groups is 1. The molecule has 0 saturated heterocycles. The highest BCUT2D eigenvalue weighted by atomic mass is 35.5. The molecule has 1 N–H and O–H groups in total. The van der Waals surface area contributed by atoms with Crippen molar-refractivity contribution in [2.75, 3.05) is 5.32 Å². The van der Waals surface area contributed by atoms with Gasteiger partial charge in [-0.3, -0.25) is 4.79 Å². The van der Waals surface area contributed by atoms with E-state index in [9.17, 15) is 13.6 Å². The molecule has 0 aliphatic carbocycles. The molecule has 2 rings (SSSR count). The summed E-state index contributed by atoms with van der Waals surface area (Å²) < 4.78 is 33.3. The van der Waals surface area contributed by atoms with Crippen molar-refractivity contribution in [1.29, 1.82) is 0 Å². The summed E-state index contributed by atoms with van der Waals surface area (Å²) in [6, 6.07) is 3.81. The lowest BCUT2D eigenvalue weighted by molar-refractivity contribution is -0.0497. The molecule has 0 unspecified atom stereocenters. The van der Waals surface area contributed by atoms with Crippen LogP contribution >= 0.6 is 34.8 Å². The van der Waals surface area contributed by atoms with Crippen molar-refractivity contribution < 1.29 is 22.7 Å². The quantitative estimate of drug-likeness (QED) is 0.830. The maximum absolute atomic E-state index is 12.2. The summed E-state index contributed by atoms with van der Waals surface area (Å²) in [6.07, 6.45) is 1.25. The number of halogens is 5. The summed E-state index contributed by atoms with van der Waals surface area (Å²) in [5.41, 5.74) is 0.297. The average molecular weight is 357 g/mol. The number of amides is 1. The van der Waals surface area contributed by atoms with Gasteiger partial charge in [-0.1, -0.05) is 23.2 Å². The summed E-state index contributed by atoms with van der Waals surface area (Å²) in [5.74, 6) is -0.934. The van der Waals surface area contributed by atoms with E-state index >= 15 is 0 Å². The first-order valence-electron chi connectivity index (χ1n) is 5.36. The Labute approximate surface area is 132 Å². The van der Waals surface area contributed by atoms with Gasteiger partial charge in [0.05, 0.1) is 21.9 Å². The molecule has 0 saturated carbocycles. The second-order valence-corrected chi connectivity index (χ2v) is 4.87. The van der Waals surface area contributed by atoms with E-state index in [1.165, 1.54) is 24.5 Å². The summed E-state index contributed by atoms with van der Waals surface area (Å²) >= 11 is 17.2. The van der Waals surface area contributed by atoms with Gasteiger partial charge in [0.15, 0.2) is 5.75 Å². The van der Waals surface area contributed by atoms with E-state index in [-0.39, 0.29) is 32.3 Å². The molecule has 1 aromatic carbocycles. The number of carbonyl (C=O) groups excluding carboxylic acids is 1. The van der Waals surface area contributed by atoms with Crippen LogP contribution in [0.5, 0.6) is 5.75 Å². The van der Waals surface area contributed by atoms with Gasteiger partial charge in [0, 0.05) is 5.69 Å². The molecule has 0 bridgehead atoms. The highest BCUT2D eigenvalue weighted by molar-refractivity contribution is 6.38. The molecule has 0 aliphatic heterocycles. The average Bonchev–Trinajstić information content (AvgIpc) is 2.80. The number of alkyl halides is 2. The smallest absolute Gasteiger partial charge is 0.387 e. The van der Waals surface area contributed by atoms with E-state index in [1.54, 1.807) is 0 Å². The summed E-state index contributed by atoms with van der Waals surface area (Å²) in [5, 5.41) is 2.03. The fourth-order valence-corrected chi connectivity index (χ4v) is 2.26. The number of benzene rings is 1. The number of ether oxygens (including phenoxy) is 1. The van der Waals surface area contributed by atoms with Crippen LogP contribution in [0.4, 0.5) is 14.5 Å². The molecule has 0 aliphatic rings. The molecule has 0 spiro atoms. The number of nitrogens with one attached hydrogen (secondary N) is 1. The Morgan fingerprint density at radius 2 is 1.86 bits per heavy atom. The second kappa shape index (κ2) is 6.51. The topological polar surface area (TPSA) is 51.5 Å². The van der Waals surface area contributed by atoms with Crippen LogP contribution in [0, 0.1) is 0 Å². The van der Waals surface area contributed by atoms with Crippen LogP contribution in [0.3, 0.4) is 0 Å². The van der Waals surface area contributed by atoms with E-state index in [0.29, 0.717) is 0 Å². The minimum absolute atomic E-state index is 0.0812. The van der Waals surface area contributed by atoms with Gasteiger partial charge in [0.2, 0.25) is 5.22 Å². The lowest BCUT2D eigenvalue weighted by Crippen LogP contribution is -2.11. The van der Waals surface area contributed by atoms with Crippen molar-refractivity contribution in [3.8, 4) is 5.75 Å². The first kappa shape index (κ1) is 15.9. The Morgan fingerprint density at radius 3 is 2.33 bits per heavy atom. The van der Waals surface area contributed by atoms with Gasteiger partial charge in [0.1, 0.15) is 0 Å². The molecule has 1 aromatic heterocycles. The standard InChI is InChI=1S/C12H6Cl3F2NO3/c13-7-3-5(4-8(14)9(7)21-12(16)17)18-11(19)6-1-2-20-10(6)15/h1-4,12H,(H,18,19). The third-order valence-corrected chi connectivity index (χ3v) is 3.18. The minimum atomic E-state index is -3.06. The molecule has 1 heterocycles. The van der Waals surface area contributed by atoms with Crippen molar-refractivity contribution in [2.45, 2.75) is 6.61 Å². The molecule has 1 amide bonds. The van der Waals surface area contributed by atoms with Crippen molar-refractivity contribution in [3.05, 3.63) is 45.3 Å². The summed E-state index contributed by atoms with van der Waals surface area (Å²) in [4.78, 5) is 11.9. The SMILES string of the molecule is O=C(Nc1cc(Cl)c(OC(F)F)c(Cl)c1)c1ccoc1Cl. The maximum Gasteiger partial charge on any atom is 0.387 e. The molecule has 0 radical (unpaired) electrons. The van der Waals surface area contributed by atoms with E-state index in [1.807, 2.05) is 0 Å². The van der Waals surface area contributed by atoms with Crippen LogP contribution in [-0.2, 0) is 0 Å². The molecule has 4 nitrogen and oxygen atoms in total. The fourth-order valence-electron chi connectivity index (χ4n) is 1.49. The molecule has 2 aromatic rings. The predicted molar refractivity (Wildman–Crippen MR) is 74.8 cm³/mol. The first-order chi connectivity index (χ1) is 9.88. The maximum atomic E-state index is 12.2. The fraction of sp³-hybridized carbons (Fsp3) is 0.0833. The van der Waals surface area contributed by atoms with Gasteiger partial charge >= 0.3 is 6.61 Å². The number of hydrogen-bond donors (Lipinski definition) is 1. The summed E-state index contributed by atoms with van der Waals surface area (Å²) in [7, 11) is 0. The van der Waals surface area contributed by atoms with Gasteiger partial charge in [-0.15, -0.1) is 0 Å². The van der Waals surface area contributed by atoms with Crippen LogP contribution < -0.4 is 10.1 Å². The van der Waals surface area contributed by atoms with E-state index < -0.39 is 12.5 Å². The third-order valence-electron chi connectivity index (χ3n) is 2.33. The van der Waals surface area contributed by atoms with E-state index in [0.717, 1.165) is 0 Å². The van der Waals surface area contributed by atoms with E-state index in [4.69, 9.17) is 39.2 Å². The molecule has 0 atom stereocenters. The predicted octanol–water partition coefficient (Wildman–Crippen LogP) is 5.09. The monoisotopic (exact) mass is 355 g/mol. The Balaban J connectivity index is 2.22. The molecule has 9 heteroatoms. The molecular formula is C12H6Cl3F2NO3. The number of rotatable bonds is 4. The van der Waals surface area contributed by atoms with Crippen molar-refractivity contribution in [1.82, 2.24) is 0 Å². The third kappa shape index (κ3) is 3.78. The van der Waals surface area contributed by atoms with Gasteiger partial charge in [-0.2, -0.15) is 8.78 Å². The van der Waals surface area contributed by atoms with Crippen LogP contribution in [0.2, 0.25) is 15.3 Å². The Bertz CT molecular complexity index is 653. The van der Waals surface area contributed by atoms with Gasteiger partial charge in [-0.05, 0) is 29.8 Å². The largest absolute Gasteiger partial charge is 0.452 e. The van der Waals surface area contributed by atoms with Crippen molar-refractivity contribution in [2.24, 2.45) is 0 Å². The first-order valence-corrected chi connectivity index (χ1v) is 6.50. The summed E-state index contributed by atoms with van der Waals surface area (Å²) in [6.45, 7) is -3.06. The molecule has 0 fully saturated rings. The van der Waals surface area contributed by atoms with Crippen LogP contribution in [-0.4, -0.2) is 12.5 Å².